The molecule has 0 aliphatic carbocycles. The lowest BCUT2D eigenvalue weighted by atomic mass is 9.94. The van der Waals surface area contributed by atoms with Crippen LogP contribution in [0.15, 0.2) is 18.2 Å². The maximum atomic E-state index is 13.2. The van der Waals surface area contributed by atoms with Crippen molar-refractivity contribution in [1.82, 2.24) is 0 Å². The van der Waals surface area contributed by atoms with Gasteiger partial charge in [0, 0.05) is 18.1 Å². The molecule has 0 unspecified atom stereocenters. The van der Waals surface area contributed by atoms with Gasteiger partial charge in [0.05, 0.1) is 5.41 Å². The third-order valence-electron chi connectivity index (χ3n) is 3.10. The van der Waals surface area contributed by atoms with E-state index in [4.69, 9.17) is 11.6 Å². The van der Waals surface area contributed by atoms with Crippen LogP contribution >= 0.6 is 11.6 Å². The first-order valence-corrected chi connectivity index (χ1v) is 6.15. The number of carbonyl (C=O) groups excluding carboxylic acids is 1. The largest absolute Gasteiger partial charge is 0.311 e. The summed E-state index contributed by atoms with van der Waals surface area (Å²) < 4.78 is 13.2. The molecule has 0 saturated heterocycles. The van der Waals surface area contributed by atoms with E-state index >= 15 is 0 Å². The van der Waals surface area contributed by atoms with Crippen LogP contribution in [0, 0.1) is 11.2 Å². The molecular weight excluding hydrogens is 241 g/mol. The lowest BCUT2D eigenvalue weighted by molar-refractivity contribution is -0.125. The smallest absolute Gasteiger partial charge is 0.233 e. The van der Waals surface area contributed by atoms with E-state index in [2.05, 4.69) is 0 Å². The number of hydrogen-bond donors (Lipinski definition) is 0. The fourth-order valence-electron chi connectivity index (χ4n) is 1.99. The molecule has 2 rings (SSSR count). The van der Waals surface area contributed by atoms with Crippen LogP contribution in [0.1, 0.15) is 19.4 Å². The lowest BCUT2D eigenvalue weighted by Crippen LogP contribution is -2.41. The van der Waals surface area contributed by atoms with Gasteiger partial charge in [0.25, 0.3) is 0 Å². The fourth-order valence-corrected chi connectivity index (χ4v) is 2.10. The molecule has 1 heterocycles. The summed E-state index contributed by atoms with van der Waals surface area (Å²) >= 11 is 5.80. The molecule has 1 aromatic rings. The van der Waals surface area contributed by atoms with Gasteiger partial charge in [0.2, 0.25) is 5.91 Å². The average molecular weight is 256 g/mol. The second-order valence-corrected chi connectivity index (χ2v) is 5.26. The molecule has 1 aromatic carbocycles. The van der Waals surface area contributed by atoms with E-state index in [1.165, 1.54) is 12.1 Å². The Kier molecular flexibility index (Phi) is 3.13. The highest BCUT2D eigenvalue weighted by molar-refractivity contribution is 6.20. The quantitative estimate of drug-likeness (QED) is 0.744. The van der Waals surface area contributed by atoms with E-state index < -0.39 is 5.41 Å². The summed E-state index contributed by atoms with van der Waals surface area (Å²) in [4.78, 5) is 13.9. The van der Waals surface area contributed by atoms with Crippen LogP contribution in [0.25, 0.3) is 0 Å². The summed E-state index contributed by atoms with van der Waals surface area (Å²) in [6.45, 7) is 4.22. The van der Waals surface area contributed by atoms with Crippen molar-refractivity contribution in [1.29, 1.82) is 0 Å². The minimum Gasteiger partial charge on any atom is -0.311 e. The molecule has 0 radical (unpaired) electrons. The second-order valence-electron chi connectivity index (χ2n) is 5.00. The fraction of sp³-hybridized carbons (Fsp3) is 0.462. The van der Waals surface area contributed by atoms with Crippen molar-refractivity contribution >= 4 is 23.2 Å². The van der Waals surface area contributed by atoms with Gasteiger partial charge in [-0.15, -0.1) is 11.6 Å². The van der Waals surface area contributed by atoms with Crippen molar-refractivity contribution in [3.63, 3.8) is 0 Å². The zero-order chi connectivity index (χ0) is 12.6. The van der Waals surface area contributed by atoms with Crippen LogP contribution in [0.3, 0.4) is 0 Å². The van der Waals surface area contributed by atoms with Gasteiger partial charge in [0.1, 0.15) is 5.82 Å². The molecule has 1 aliphatic heterocycles. The van der Waals surface area contributed by atoms with E-state index in [0.29, 0.717) is 12.2 Å². The zero-order valence-corrected chi connectivity index (χ0v) is 10.7. The topological polar surface area (TPSA) is 20.3 Å². The summed E-state index contributed by atoms with van der Waals surface area (Å²) in [5, 5.41) is 0. The molecule has 0 spiro atoms. The van der Waals surface area contributed by atoms with Gasteiger partial charge in [-0.05, 0) is 38.0 Å². The maximum Gasteiger partial charge on any atom is 0.233 e. The normalized spacial score (nSPS) is 14.9. The van der Waals surface area contributed by atoms with Crippen molar-refractivity contribution in [2.75, 3.05) is 17.3 Å². The number of benzene rings is 1. The van der Waals surface area contributed by atoms with Gasteiger partial charge in [0.15, 0.2) is 0 Å². The first-order valence-electron chi connectivity index (χ1n) is 5.62. The Morgan fingerprint density at radius 2 is 2.24 bits per heavy atom. The highest BCUT2D eigenvalue weighted by Gasteiger charge is 2.35. The molecule has 1 aliphatic rings. The molecule has 4 heteroatoms. The van der Waals surface area contributed by atoms with Gasteiger partial charge in [-0.2, -0.15) is 0 Å². The molecule has 0 bridgehead atoms. The number of nitrogens with zero attached hydrogens (tertiary/aromatic N) is 1. The minimum absolute atomic E-state index is 0.0446. The van der Waals surface area contributed by atoms with Crippen LogP contribution in [0.4, 0.5) is 10.1 Å². The van der Waals surface area contributed by atoms with Crippen LogP contribution < -0.4 is 4.90 Å². The Morgan fingerprint density at radius 3 is 2.88 bits per heavy atom. The molecular formula is C13H15ClFNO. The zero-order valence-electron chi connectivity index (χ0n) is 9.96. The predicted octanol–water partition coefficient (Wildman–Crippen LogP) is 2.98. The van der Waals surface area contributed by atoms with E-state index in [9.17, 15) is 9.18 Å². The Balaban J connectivity index is 2.34. The summed E-state index contributed by atoms with van der Waals surface area (Å²) in [6.07, 6.45) is 0.777. The molecule has 17 heavy (non-hydrogen) atoms. The summed E-state index contributed by atoms with van der Waals surface area (Å²) in [5.41, 5.74) is 1.09. The summed E-state index contributed by atoms with van der Waals surface area (Å²) in [7, 11) is 0. The van der Waals surface area contributed by atoms with Crippen molar-refractivity contribution in [2.24, 2.45) is 5.41 Å². The number of hydrogen-bond acceptors (Lipinski definition) is 1. The lowest BCUT2D eigenvalue weighted by Gasteiger charge is -2.27. The van der Waals surface area contributed by atoms with E-state index in [1.807, 2.05) is 0 Å². The monoisotopic (exact) mass is 255 g/mol. The van der Waals surface area contributed by atoms with Gasteiger partial charge in [-0.3, -0.25) is 4.79 Å². The number of fused-ring (bicyclic) bond motifs is 1. The third-order valence-corrected chi connectivity index (χ3v) is 3.77. The third kappa shape index (κ3) is 2.16. The number of rotatable bonds is 2. The number of anilines is 1. The van der Waals surface area contributed by atoms with Crippen molar-refractivity contribution < 1.29 is 9.18 Å². The standard InChI is InChI=1S/C13H15ClFNO/c1-13(2,8-14)12(17)16-6-5-9-3-4-10(15)7-11(9)16/h3-4,7H,5-6,8H2,1-2H3. The minimum atomic E-state index is -0.616. The maximum absolute atomic E-state index is 13.2. The van der Waals surface area contributed by atoms with E-state index in [0.717, 1.165) is 12.0 Å². The van der Waals surface area contributed by atoms with Crippen LogP contribution in [0.5, 0.6) is 0 Å². The van der Waals surface area contributed by atoms with Gasteiger partial charge in [-0.25, -0.2) is 4.39 Å². The van der Waals surface area contributed by atoms with Gasteiger partial charge < -0.3 is 4.90 Å². The van der Waals surface area contributed by atoms with E-state index in [1.54, 1.807) is 24.8 Å². The van der Waals surface area contributed by atoms with Crippen molar-refractivity contribution in [3.05, 3.63) is 29.6 Å². The summed E-state index contributed by atoms with van der Waals surface area (Å²) in [6, 6.07) is 4.59. The Morgan fingerprint density at radius 1 is 1.53 bits per heavy atom. The summed E-state index contributed by atoms with van der Waals surface area (Å²) in [5.74, 6) is -0.100. The molecule has 1 amide bonds. The molecule has 0 N–H and O–H groups in total. The number of amides is 1. The number of halogens is 2. The predicted molar refractivity (Wildman–Crippen MR) is 67.0 cm³/mol. The van der Waals surface area contributed by atoms with Crippen LogP contribution in [-0.4, -0.2) is 18.3 Å². The van der Waals surface area contributed by atoms with Crippen LogP contribution in [0.2, 0.25) is 0 Å². The second kappa shape index (κ2) is 4.30. The SMILES string of the molecule is CC(C)(CCl)C(=O)N1CCc2ccc(F)cc21. The number of carbonyl (C=O) groups is 1. The molecule has 92 valence electrons. The first-order chi connectivity index (χ1) is 7.95. The molecule has 0 saturated carbocycles. The highest BCUT2D eigenvalue weighted by Crippen LogP contribution is 2.32. The average Bonchev–Trinajstić information content (AvgIpc) is 2.70. The van der Waals surface area contributed by atoms with Crippen LogP contribution in [-0.2, 0) is 11.2 Å². The number of alkyl halides is 1. The van der Waals surface area contributed by atoms with Crippen molar-refractivity contribution in [2.45, 2.75) is 20.3 Å². The Labute approximate surface area is 105 Å². The van der Waals surface area contributed by atoms with Crippen molar-refractivity contribution in [3.8, 4) is 0 Å². The Bertz CT molecular complexity index is 459. The molecule has 0 aromatic heterocycles. The molecule has 2 nitrogen and oxygen atoms in total. The first kappa shape index (κ1) is 12.4. The Hall–Kier alpha value is -1.09. The van der Waals surface area contributed by atoms with Gasteiger partial charge >= 0.3 is 0 Å². The van der Waals surface area contributed by atoms with E-state index in [-0.39, 0.29) is 17.6 Å². The molecule has 0 atom stereocenters. The highest BCUT2D eigenvalue weighted by atomic mass is 35.5. The molecule has 0 fully saturated rings. The van der Waals surface area contributed by atoms with Gasteiger partial charge in [-0.1, -0.05) is 6.07 Å².